The number of benzene rings is 1. The molecule has 3 aromatic heterocycles. The maximum atomic E-state index is 10.7. The zero-order valence-corrected chi connectivity index (χ0v) is 15.0. The molecule has 0 radical (unpaired) electrons. The Labute approximate surface area is 156 Å². The molecule has 1 fully saturated rings. The van der Waals surface area contributed by atoms with Crippen LogP contribution in [-0.2, 0) is 0 Å². The van der Waals surface area contributed by atoms with Crippen molar-refractivity contribution in [1.29, 1.82) is 0 Å². The minimum atomic E-state index is 0.214. The zero-order valence-electron chi connectivity index (χ0n) is 15.0. The largest absolute Gasteiger partial charge is 0.494 e. The fourth-order valence-electron chi connectivity index (χ4n) is 3.81. The standard InChI is InChI=1S/C21H20N4O2/c1-27-17-10-4-9-15(23-17)13-7-3-8-14-19(22)18-16(24-20(13)14)11-25(21(18)26)12-5-2-6-12/h3-4,7-12,26H,2,5-6,22H2,1H3. The number of nitrogens with zero attached hydrogens (tertiary/aromatic N) is 3. The third-order valence-corrected chi connectivity index (χ3v) is 5.49. The zero-order chi connectivity index (χ0) is 18.5. The number of para-hydroxylation sites is 1. The van der Waals surface area contributed by atoms with Crippen molar-refractivity contribution in [2.75, 3.05) is 12.8 Å². The highest BCUT2D eigenvalue weighted by atomic mass is 16.5. The van der Waals surface area contributed by atoms with Gasteiger partial charge in [-0.3, -0.25) is 0 Å². The van der Waals surface area contributed by atoms with Crippen LogP contribution in [0.15, 0.2) is 42.6 Å². The fourth-order valence-corrected chi connectivity index (χ4v) is 3.81. The number of rotatable bonds is 3. The van der Waals surface area contributed by atoms with Crippen molar-refractivity contribution in [2.45, 2.75) is 25.3 Å². The first-order valence-electron chi connectivity index (χ1n) is 9.10. The number of hydrogen-bond acceptors (Lipinski definition) is 5. The molecule has 6 heteroatoms. The molecule has 5 rings (SSSR count). The molecule has 6 nitrogen and oxygen atoms in total. The normalized spacial score (nSPS) is 14.6. The van der Waals surface area contributed by atoms with Crippen LogP contribution in [0.3, 0.4) is 0 Å². The molecule has 4 aromatic rings. The van der Waals surface area contributed by atoms with Crippen LogP contribution in [0, 0.1) is 0 Å². The Morgan fingerprint density at radius 3 is 2.70 bits per heavy atom. The molecule has 0 aliphatic heterocycles. The summed E-state index contributed by atoms with van der Waals surface area (Å²) in [5, 5.41) is 12.2. The number of hydrogen-bond donors (Lipinski definition) is 2. The van der Waals surface area contributed by atoms with E-state index in [2.05, 4.69) is 4.98 Å². The van der Waals surface area contributed by atoms with Crippen LogP contribution in [0.25, 0.3) is 33.1 Å². The second-order valence-electron chi connectivity index (χ2n) is 7.00. The van der Waals surface area contributed by atoms with Crippen molar-refractivity contribution in [2.24, 2.45) is 0 Å². The Bertz CT molecular complexity index is 1180. The smallest absolute Gasteiger partial charge is 0.213 e. The van der Waals surface area contributed by atoms with Gasteiger partial charge in [-0.05, 0) is 25.3 Å². The SMILES string of the molecule is COc1cccc(-c2cccc3c(N)c4c(O)n(C5CCC5)cc4nc23)n1. The number of methoxy groups -OCH3 is 1. The van der Waals surface area contributed by atoms with E-state index in [4.69, 9.17) is 15.5 Å². The first-order valence-corrected chi connectivity index (χ1v) is 9.10. The lowest BCUT2D eigenvalue weighted by molar-refractivity contribution is 0.283. The van der Waals surface area contributed by atoms with Gasteiger partial charge in [-0.2, -0.15) is 0 Å². The Balaban J connectivity index is 1.79. The minimum Gasteiger partial charge on any atom is -0.494 e. The van der Waals surface area contributed by atoms with Gasteiger partial charge >= 0.3 is 0 Å². The summed E-state index contributed by atoms with van der Waals surface area (Å²) < 4.78 is 7.17. The molecule has 3 N–H and O–H groups in total. The van der Waals surface area contributed by atoms with E-state index in [0.29, 0.717) is 28.5 Å². The van der Waals surface area contributed by atoms with Crippen LogP contribution >= 0.6 is 0 Å². The number of pyridine rings is 2. The molecule has 136 valence electrons. The highest BCUT2D eigenvalue weighted by molar-refractivity contribution is 6.12. The van der Waals surface area contributed by atoms with E-state index >= 15 is 0 Å². The van der Waals surface area contributed by atoms with Crippen molar-refractivity contribution in [1.82, 2.24) is 14.5 Å². The van der Waals surface area contributed by atoms with E-state index in [1.54, 1.807) is 7.11 Å². The maximum Gasteiger partial charge on any atom is 0.213 e. The summed E-state index contributed by atoms with van der Waals surface area (Å²) in [5.74, 6) is 0.763. The summed E-state index contributed by atoms with van der Waals surface area (Å²) in [6.07, 6.45) is 5.26. The molecular formula is C21H20N4O2. The number of aromatic nitrogens is 3. The number of anilines is 1. The van der Waals surface area contributed by atoms with Gasteiger partial charge in [-0.25, -0.2) is 9.97 Å². The maximum absolute atomic E-state index is 10.7. The van der Waals surface area contributed by atoms with Crippen LogP contribution < -0.4 is 10.5 Å². The molecule has 0 unspecified atom stereocenters. The summed E-state index contributed by atoms with van der Waals surface area (Å²) in [6, 6.07) is 11.8. The minimum absolute atomic E-state index is 0.214. The topological polar surface area (TPSA) is 86.2 Å². The summed E-state index contributed by atoms with van der Waals surface area (Å²) >= 11 is 0. The molecule has 0 bridgehead atoms. The lowest BCUT2D eigenvalue weighted by Crippen LogP contribution is -2.15. The lowest BCUT2D eigenvalue weighted by atomic mass is 9.93. The lowest BCUT2D eigenvalue weighted by Gasteiger charge is -2.27. The molecule has 3 heterocycles. The van der Waals surface area contributed by atoms with Crippen LogP contribution in [0.4, 0.5) is 5.69 Å². The van der Waals surface area contributed by atoms with Crippen molar-refractivity contribution in [3.05, 3.63) is 42.6 Å². The van der Waals surface area contributed by atoms with Crippen molar-refractivity contribution in [3.63, 3.8) is 0 Å². The van der Waals surface area contributed by atoms with Gasteiger partial charge in [0.05, 0.1) is 34.9 Å². The number of nitrogen functional groups attached to an aromatic ring is 1. The second kappa shape index (κ2) is 5.87. The number of ether oxygens (including phenoxy) is 1. The van der Waals surface area contributed by atoms with Gasteiger partial charge < -0.3 is 20.1 Å². The number of fused-ring (bicyclic) bond motifs is 2. The van der Waals surface area contributed by atoms with Gasteiger partial charge in [-0.15, -0.1) is 0 Å². The van der Waals surface area contributed by atoms with Gasteiger partial charge in [0.2, 0.25) is 11.8 Å². The first kappa shape index (κ1) is 15.9. The van der Waals surface area contributed by atoms with E-state index in [-0.39, 0.29) is 5.88 Å². The summed E-state index contributed by atoms with van der Waals surface area (Å²) in [6.45, 7) is 0. The highest BCUT2D eigenvalue weighted by Gasteiger charge is 2.25. The third-order valence-electron chi connectivity index (χ3n) is 5.49. The van der Waals surface area contributed by atoms with Crippen LogP contribution in [-0.4, -0.2) is 26.8 Å². The van der Waals surface area contributed by atoms with E-state index < -0.39 is 0 Å². The van der Waals surface area contributed by atoms with Gasteiger partial charge in [0.25, 0.3) is 0 Å². The predicted octanol–water partition coefficient (Wildman–Crippen LogP) is 4.27. The summed E-state index contributed by atoms with van der Waals surface area (Å²) in [7, 11) is 1.60. The van der Waals surface area contributed by atoms with Crippen molar-refractivity contribution < 1.29 is 9.84 Å². The quantitative estimate of drug-likeness (QED) is 0.570. The van der Waals surface area contributed by atoms with Gasteiger partial charge in [0.1, 0.15) is 0 Å². The summed E-state index contributed by atoms with van der Waals surface area (Å²) in [4.78, 5) is 9.39. The van der Waals surface area contributed by atoms with Crippen molar-refractivity contribution >= 4 is 27.5 Å². The molecule has 0 spiro atoms. The van der Waals surface area contributed by atoms with Crippen molar-refractivity contribution in [3.8, 4) is 23.0 Å². The predicted molar refractivity (Wildman–Crippen MR) is 106 cm³/mol. The Morgan fingerprint density at radius 2 is 1.96 bits per heavy atom. The number of nitrogens with two attached hydrogens (primary N) is 1. The van der Waals surface area contributed by atoms with Gasteiger partial charge in [0.15, 0.2) is 0 Å². The molecule has 1 saturated carbocycles. The Hall–Kier alpha value is -3.28. The Kier molecular flexibility index (Phi) is 3.47. The van der Waals surface area contributed by atoms with Crippen LogP contribution in [0.2, 0.25) is 0 Å². The van der Waals surface area contributed by atoms with Crippen LogP contribution in [0.5, 0.6) is 11.8 Å². The number of aromatic hydroxyl groups is 1. The highest BCUT2D eigenvalue weighted by Crippen LogP contribution is 2.43. The van der Waals surface area contributed by atoms with E-state index in [1.165, 1.54) is 6.42 Å². The average Bonchev–Trinajstić information content (AvgIpc) is 2.96. The molecule has 0 amide bonds. The summed E-state index contributed by atoms with van der Waals surface area (Å²) in [5.41, 5.74) is 10.2. The van der Waals surface area contributed by atoms with E-state index in [0.717, 1.165) is 35.0 Å². The average molecular weight is 360 g/mol. The van der Waals surface area contributed by atoms with Gasteiger partial charge in [-0.1, -0.05) is 24.3 Å². The molecular weight excluding hydrogens is 340 g/mol. The van der Waals surface area contributed by atoms with Crippen LogP contribution in [0.1, 0.15) is 25.3 Å². The fraction of sp³-hybridized carbons (Fsp3) is 0.238. The first-order chi connectivity index (χ1) is 13.2. The molecule has 0 atom stereocenters. The van der Waals surface area contributed by atoms with E-state index in [9.17, 15) is 5.11 Å². The monoisotopic (exact) mass is 360 g/mol. The molecule has 1 aliphatic carbocycles. The second-order valence-corrected chi connectivity index (χ2v) is 7.00. The molecule has 27 heavy (non-hydrogen) atoms. The third kappa shape index (κ3) is 2.33. The Morgan fingerprint density at radius 1 is 1.15 bits per heavy atom. The van der Waals surface area contributed by atoms with Gasteiger partial charge in [0, 0.05) is 29.3 Å². The molecule has 1 aliphatic rings. The van der Waals surface area contributed by atoms with E-state index in [1.807, 2.05) is 47.2 Å². The molecule has 0 saturated heterocycles. The molecule has 1 aromatic carbocycles.